The molecule has 2 aromatic heterocycles. The molecule has 3 aromatic rings. The fourth-order valence-corrected chi connectivity index (χ4v) is 2.94. The normalized spacial score (nSPS) is 14.3. The van der Waals surface area contributed by atoms with Crippen molar-refractivity contribution in [2.45, 2.75) is 38.9 Å². The molecule has 0 bridgehead atoms. The molecule has 1 fully saturated rings. The van der Waals surface area contributed by atoms with E-state index in [1.165, 1.54) is 18.4 Å². The lowest BCUT2D eigenvalue weighted by atomic mass is 10.3. The predicted octanol–water partition coefficient (Wildman–Crippen LogP) is 2.56. The summed E-state index contributed by atoms with van der Waals surface area (Å²) in [5, 5.41) is 3.16. The number of rotatable bonds is 5. The van der Waals surface area contributed by atoms with E-state index in [9.17, 15) is 4.79 Å². The summed E-state index contributed by atoms with van der Waals surface area (Å²) in [4.78, 5) is 21.1. The third-order valence-electron chi connectivity index (χ3n) is 4.25. The molecular formula is C17H19N5O. The first-order valence-electron chi connectivity index (χ1n) is 8.03. The molecule has 0 aliphatic heterocycles. The summed E-state index contributed by atoms with van der Waals surface area (Å²) >= 11 is 0. The number of hydrogen-bond acceptors (Lipinski definition) is 4. The zero-order valence-electron chi connectivity index (χ0n) is 13.1. The first-order valence-corrected chi connectivity index (χ1v) is 8.03. The van der Waals surface area contributed by atoms with E-state index in [0.717, 1.165) is 11.3 Å². The summed E-state index contributed by atoms with van der Waals surface area (Å²) in [5.74, 6) is 1.34. The van der Waals surface area contributed by atoms with Crippen LogP contribution in [0, 0.1) is 0 Å². The molecule has 0 unspecified atom stereocenters. The number of imidazole rings is 1. The van der Waals surface area contributed by atoms with E-state index in [4.69, 9.17) is 4.98 Å². The largest absolute Gasteiger partial charge is 0.358 e. The minimum absolute atomic E-state index is 0.0934. The second-order valence-electron chi connectivity index (χ2n) is 5.84. The first-order chi connectivity index (χ1) is 11.3. The van der Waals surface area contributed by atoms with Crippen molar-refractivity contribution in [1.82, 2.24) is 19.1 Å². The van der Waals surface area contributed by atoms with Gasteiger partial charge in [-0.25, -0.2) is 9.97 Å². The Morgan fingerprint density at radius 3 is 2.91 bits per heavy atom. The zero-order chi connectivity index (χ0) is 15.8. The van der Waals surface area contributed by atoms with Crippen LogP contribution in [0.5, 0.6) is 0 Å². The van der Waals surface area contributed by atoms with Crippen molar-refractivity contribution in [2.75, 3.05) is 5.32 Å². The first kappa shape index (κ1) is 14.0. The molecule has 0 atom stereocenters. The van der Waals surface area contributed by atoms with Crippen molar-refractivity contribution in [1.29, 1.82) is 0 Å². The van der Waals surface area contributed by atoms with Gasteiger partial charge in [0.15, 0.2) is 5.82 Å². The second kappa shape index (κ2) is 5.53. The van der Waals surface area contributed by atoms with Gasteiger partial charge in [-0.1, -0.05) is 12.1 Å². The number of anilines is 1. The van der Waals surface area contributed by atoms with Gasteiger partial charge >= 0.3 is 0 Å². The highest BCUT2D eigenvalue weighted by Gasteiger charge is 2.28. The van der Waals surface area contributed by atoms with Gasteiger partial charge in [-0.3, -0.25) is 4.79 Å². The third kappa shape index (κ3) is 2.50. The molecule has 0 radical (unpaired) electrons. The molecule has 23 heavy (non-hydrogen) atoms. The van der Waals surface area contributed by atoms with E-state index in [2.05, 4.69) is 20.9 Å². The average Bonchev–Trinajstić information content (AvgIpc) is 3.34. The van der Waals surface area contributed by atoms with E-state index in [-0.39, 0.29) is 5.56 Å². The number of para-hydroxylation sites is 2. The minimum Gasteiger partial charge on any atom is -0.358 e. The predicted molar refractivity (Wildman–Crippen MR) is 89.5 cm³/mol. The number of hydrogen-bond donors (Lipinski definition) is 1. The molecule has 118 valence electrons. The fourth-order valence-electron chi connectivity index (χ4n) is 2.94. The molecule has 0 amide bonds. The summed E-state index contributed by atoms with van der Waals surface area (Å²) in [6, 6.07) is 8.72. The van der Waals surface area contributed by atoms with Gasteiger partial charge in [0.1, 0.15) is 5.82 Å². The lowest BCUT2D eigenvalue weighted by Gasteiger charge is -2.10. The molecule has 0 spiro atoms. The maximum Gasteiger partial charge on any atom is 0.293 e. The lowest BCUT2D eigenvalue weighted by Crippen LogP contribution is -2.24. The Bertz CT molecular complexity index is 907. The van der Waals surface area contributed by atoms with Gasteiger partial charge in [0.25, 0.3) is 5.56 Å². The molecule has 1 N–H and O–H groups in total. The van der Waals surface area contributed by atoms with Crippen LogP contribution in [0.3, 0.4) is 0 Å². The van der Waals surface area contributed by atoms with Gasteiger partial charge in [0.05, 0.1) is 17.6 Å². The molecule has 2 heterocycles. The quantitative estimate of drug-likeness (QED) is 0.786. The number of benzene rings is 1. The molecule has 1 saturated carbocycles. The molecule has 4 rings (SSSR count). The number of nitrogens with one attached hydrogen (secondary N) is 1. The van der Waals surface area contributed by atoms with Gasteiger partial charge in [-0.15, -0.1) is 0 Å². The number of aryl methyl sites for hydroxylation is 1. The van der Waals surface area contributed by atoms with E-state index in [1.54, 1.807) is 17.0 Å². The Morgan fingerprint density at radius 1 is 1.30 bits per heavy atom. The summed E-state index contributed by atoms with van der Waals surface area (Å²) in [7, 11) is 0. The standard InChI is InChI=1S/C17H19N5O/c1-2-21-10-9-18-16(17(21)23)19-11-15-20-13-5-3-4-6-14(13)22(15)12-7-8-12/h3-6,9-10,12H,2,7-8,11H2,1H3,(H,18,19). The van der Waals surface area contributed by atoms with Crippen molar-refractivity contribution < 1.29 is 0 Å². The fraction of sp³-hybridized carbons (Fsp3) is 0.353. The molecular weight excluding hydrogens is 290 g/mol. The van der Waals surface area contributed by atoms with Gasteiger partial charge in [0.2, 0.25) is 0 Å². The smallest absolute Gasteiger partial charge is 0.293 e. The van der Waals surface area contributed by atoms with Crippen LogP contribution in [0.4, 0.5) is 5.82 Å². The van der Waals surface area contributed by atoms with E-state index in [0.29, 0.717) is 24.9 Å². The highest BCUT2D eigenvalue weighted by molar-refractivity contribution is 5.76. The molecule has 1 aliphatic carbocycles. The van der Waals surface area contributed by atoms with E-state index in [1.807, 2.05) is 25.1 Å². The maximum absolute atomic E-state index is 12.2. The Labute approximate surface area is 133 Å². The van der Waals surface area contributed by atoms with Crippen LogP contribution in [-0.2, 0) is 13.1 Å². The second-order valence-corrected chi connectivity index (χ2v) is 5.84. The highest BCUT2D eigenvalue weighted by atomic mass is 16.1. The van der Waals surface area contributed by atoms with E-state index >= 15 is 0 Å². The van der Waals surface area contributed by atoms with Crippen molar-refractivity contribution in [2.24, 2.45) is 0 Å². The topological polar surface area (TPSA) is 64.7 Å². The van der Waals surface area contributed by atoms with Gasteiger partial charge in [-0.2, -0.15) is 0 Å². The van der Waals surface area contributed by atoms with Gasteiger partial charge < -0.3 is 14.5 Å². The Balaban J connectivity index is 1.66. The summed E-state index contributed by atoms with van der Waals surface area (Å²) < 4.78 is 3.93. The highest BCUT2D eigenvalue weighted by Crippen LogP contribution is 2.38. The Morgan fingerprint density at radius 2 is 2.13 bits per heavy atom. The Hall–Kier alpha value is -2.63. The van der Waals surface area contributed by atoms with Crippen LogP contribution in [0.2, 0.25) is 0 Å². The summed E-state index contributed by atoms with van der Waals surface area (Å²) in [5.41, 5.74) is 2.08. The maximum atomic E-state index is 12.2. The molecule has 1 aliphatic rings. The third-order valence-corrected chi connectivity index (χ3v) is 4.25. The Kier molecular flexibility index (Phi) is 3.37. The molecule has 1 aromatic carbocycles. The molecule has 6 nitrogen and oxygen atoms in total. The van der Waals surface area contributed by atoms with Crippen LogP contribution < -0.4 is 10.9 Å². The van der Waals surface area contributed by atoms with Crippen LogP contribution in [0.15, 0.2) is 41.5 Å². The van der Waals surface area contributed by atoms with Crippen molar-refractivity contribution in [3.8, 4) is 0 Å². The van der Waals surface area contributed by atoms with Crippen molar-refractivity contribution >= 4 is 16.9 Å². The van der Waals surface area contributed by atoms with Crippen LogP contribution in [0.1, 0.15) is 31.6 Å². The number of fused-ring (bicyclic) bond motifs is 1. The number of nitrogens with zero attached hydrogens (tertiary/aromatic N) is 4. The van der Waals surface area contributed by atoms with Crippen LogP contribution in [-0.4, -0.2) is 19.1 Å². The average molecular weight is 309 g/mol. The summed E-state index contributed by atoms with van der Waals surface area (Å²) in [6.07, 6.45) is 5.74. The number of aromatic nitrogens is 4. The van der Waals surface area contributed by atoms with Gasteiger partial charge in [0, 0.05) is 25.0 Å². The van der Waals surface area contributed by atoms with Crippen LogP contribution >= 0.6 is 0 Å². The van der Waals surface area contributed by atoms with Crippen molar-refractivity contribution in [3.05, 3.63) is 52.8 Å². The summed E-state index contributed by atoms with van der Waals surface area (Å²) in [6.45, 7) is 3.08. The molecule has 6 heteroatoms. The lowest BCUT2D eigenvalue weighted by molar-refractivity contribution is 0.701. The zero-order valence-corrected chi connectivity index (χ0v) is 13.1. The monoisotopic (exact) mass is 309 g/mol. The van der Waals surface area contributed by atoms with Crippen molar-refractivity contribution in [3.63, 3.8) is 0 Å². The molecule has 0 saturated heterocycles. The minimum atomic E-state index is -0.0934. The SMILES string of the molecule is CCn1ccnc(NCc2nc3ccccc3n2C2CC2)c1=O. The van der Waals surface area contributed by atoms with E-state index < -0.39 is 0 Å². The van der Waals surface area contributed by atoms with Crippen LogP contribution in [0.25, 0.3) is 11.0 Å². The van der Waals surface area contributed by atoms with Gasteiger partial charge in [-0.05, 0) is 31.9 Å².